The van der Waals surface area contributed by atoms with Gasteiger partial charge in [0.05, 0.1) is 12.3 Å². The number of halogens is 1. The average Bonchev–Trinajstić information content (AvgIpc) is 2.58. The number of anilines is 1. The molecule has 0 heterocycles. The Morgan fingerprint density at radius 1 is 1.13 bits per heavy atom. The molecule has 1 aromatic carbocycles. The topological polar surface area (TPSA) is 46.6 Å². The number of ether oxygens (including phenoxy) is 1. The lowest BCUT2D eigenvalue weighted by molar-refractivity contribution is -0.142. The quantitative estimate of drug-likeness (QED) is 0.391. The summed E-state index contributed by atoms with van der Waals surface area (Å²) in [7, 11) is 0. The van der Waals surface area contributed by atoms with Crippen molar-refractivity contribution < 1.29 is 14.3 Å². The summed E-state index contributed by atoms with van der Waals surface area (Å²) in [6.45, 7) is 6.37. The van der Waals surface area contributed by atoms with E-state index in [2.05, 4.69) is 0 Å². The molecule has 5 heteroatoms. The molecular formula is C18H26ClNO3. The molecule has 4 nitrogen and oxygen atoms in total. The smallest absolute Gasteiger partial charge is 0.326 e. The van der Waals surface area contributed by atoms with Gasteiger partial charge < -0.3 is 4.74 Å². The number of carbonyl (C=O) groups is 2. The molecule has 1 rings (SSSR count). The summed E-state index contributed by atoms with van der Waals surface area (Å²) in [6.07, 6.45) is 3.33. The van der Waals surface area contributed by atoms with Gasteiger partial charge in [-0.2, -0.15) is 0 Å². The zero-order valence-electron chi connectivity index (χ0n) is 14.2. The third-order valence-corrected chi connectivity index (χ3v) is 3.93. The zero-order chi connectivity index (χ0) is 17.2. The van der Waals surface area contributed by atoms with Crippen molar-refractivity contribution >= 4 is 29.2 Å². The molecule has 0 fully saturated rings. The molecule has 1 aromatic rings. The first kappa shape index (κ1) is 19.5. The fourth-order valence-electron chi connectivity index (χ4n) is 2.43. The number of rotatable bonds is 9. The van der Waals surface area contributed by atoms with Crippen LogP contribution in [0.3, 0.4) is 0 Å². The number of amides is 1. The number of aryl methyl sites for hydroxylation is 2. The monoisotopic (exact) mass is 339 g/mol. The Hall–Kier alpha value is -1.55. The van der Waals surface area contributed by atoms with Gasteiger partial charge in [0.25, 0.3) is 0 Å². The SMILES string of the molecule is CCCCOC(=O)CN(C(=O)CCl)c1c(CC)cccc1CC. The molecule has 0 bridgehead atoms. The Balaban J connectivity index is 3.08. The number of para-hydroxylation sites is 1. The molecule has 0 atom stereocenters. The Bertz CT molecular complexity index is 509. The highest BCUT2D eigenvalue weighted by Crippen LogP contribution is 2.27. The van der Waals surface area contributed by atoms with Gasteiger partial charge in [0.1, 0.15) is 12.4 Å². The fraction of sp³-hybridized carbons (Fsp3) is 0.556. The molecule has 0 N–H and O–H groups in total. The molecule has 0 saturated carbocycles. The molecule has 0 unspecified atom stereocenters. The highest BCUT2D eigenvalue weighted by Gasteiger charge is 2.23. The van der Waals surface area contributed by atoms with E-state index < -0.39 is 5.97 Å². The van der Waals surface area contributed by atoms with Crippen LogP contribution >= 0.6 is 11.6 Å². The largest absolute Gasteiger partial charge is 0.464 e. The van der Waals surface area contributed by atoms with Crippen LogP contribution in [0.5, 0.6) is 0 Å². The molecule has 0 aliphatic rings. The van der Waals surface area contributed by atoms with Gasteiger partial charge in [-0.3, -0.25) is 14.5 Å². The summed E-state index contributed by atoms with van der Waals surface area (Å²) in [5.41, 5.74) is 2.86. The van der Waals surface area contributed by atoms with E-state index in [4.69, 9.17) is 16.3 Å². The van der Waals surface area contributed by atoms with Gasteiger partial charge in [0, 0.05) is 0 Å². The predicted molar refractivity (Wildman–Crippen MR) is 94.1 cm³/mol. The second kappa shape index (κ2) is 10.3. The Morgan fingerprint density at radius 3 is 2.22 bits per heavy atom. The first-order valence-corrected chi connectivity index (χ1v) is 8.75. The van der Waals surface area contributed by atoms with Crippen LogP contribution in [0.15, 0.2) is 18.2 Å². The molecule has 0 spiro atoms. The summed E-state index contributed by atoms with van der Waals surface area (Å²) < 4.78 is 5.20. The van der Waals surface area contributed by atoms with E-state index in [-0.39, 0.29) is 18.3 Å². The van der Waals surface area contributed by atoms with E-state index in [0.29, 0.717) is 6.61 Å². The van der Waals surface area contributed by atoms with Crippen LogP contribution in [-0.4, -0.2) is 30.9 Å². The number of carbonyl (C=O) groups excluding carboxylic acids is 2. The number of alkyl halides is 1. The van der Waals surface area contributed by atoms with Crippen LogP contribution in [0.1, 0.15) is 44.7 Å². The first-order valence-electron chi connectivity index (χ1n) is 8.21. The minimum atomic E-state index is -0.398. The number of benzene rings is 1. The molecule has 23 heavy (non-hydrogen) atoms. The Kier molecular flexibility index (Phi) is 8.70. The molecule has 0 aliphatic carbocycles. The minimum absolute atomic E-state index is 0.0979. The van der Waals surface area contributed by atoms with Crippen LogP contribution < -0.4 is 4.90 Å². The molecule has 0 aromatic heterocycles. The maximum atomic E-state index is 12.3. The summed E-state index contributed by atoms with van der Waals surface area (Å²) in [5.74, 6) is -0.844. The summed E-state index contributed by atoms with van der Waals surface area (Å²) in [6, 6.07) is 5.93. The van der Waals surface area contributed by atoms with E-state index >= 15 is 0 Å². The van der Waals surface area contributed by atoms with Crippen molar-refractivity contribution in [1.29, 1.82) is 0 Å². The first-order chi connectivity index (χ1) is 11.1. The van der Waals surface area contributed by atoms with Crippen molar-refractivity contribution in [3.63, 3.8) is 0 Å². The summed E-state index contributed by atoms with van der Waals surface area (Å²) >= 11 is 5.75. The van der Waals surface area contributed by atoms with Gasteiger partial charge in [-0.25, -0.2) is 0 Å². The third kappa shape index (κ3) is 5.54. The van der Waals surface area contributed by atoms with Gasteiger partial charge in [-0.15, -0.1) is 11.6 Å². The zero-order valence-corrected chi connectivity index (χ0v) is 15.0. The lowest BCUT2D eigenvalue weighted by atomic mass is 10.0. The second-order valence-electron chi connectivity index (χ2n) is 5.32. The van der Waals surface area contributed by atoms with Gasteiger partial charge in [0.15, 0.2) is 0 Å². The molecule has 0 radical (unpaired) electrons. The Labute approximate surface area is 143 Å². The van der Waals surface area contributed by atoms with Crippen LogP contribution in [0.2, 0.25) is 0 Å². The maximum absolute atomic E-state index is 12.3. The van der Waals surface area contributed by atoms with Gasteiger partial charge in [-0.05, 0) is 30.4 Å². The number of unbranched alkanes of at least 4 members (excludes halogenated alkanes) is 1. The van der Waals surface area contributed by atoms with E-state index in [0.717, 1.165) is 42.5 Å². The molecular weight excluding hydrogens is 314 g/mol. The number of nitrogens with zero attached hydrogens (tertiary/aromatic N) is 1. The van der Waals surface area contributed by atoms with Crippen LogP contribution in [-0.2, 0) is 27.2 Å². The van der Waals surface area contributed by atoms with Crippen molar-refractivity contribution in [3.8, 4) is 0 Å². The van der Waals surface area contributed by atoms with Crippen molar-refractivity contribution in [2.24, 2.45) is 0 Å². The van der Waals surface area contributed by atoms with Crippen LogP contribution in [0.25, 0.3) is 0 Å². The van der Waals surface area contributed by atoms with E-state index in [1.54, 1.807) is 0 Å². The number of hydrogen-bond acceptors (Lipinski definition) is 3. The molecule has 0 saturated heterocycles. The molecule has 128 valence electrons. The van der Waals surface area contributed by atoms with Crippen LogP contribution in [0, 0.1) is 0 Å². The minimum Gasteiger partial charge on any atom is -0.464 e. The summed E-state index contributed by atoms with van der Waals surface area (Å²) in [4.78, 5) is 25.8. The highest BCUT2D eigenvalue weighted by atomic mass is 35.5. The lowest BCUT2D eigenvalue weighted by Gasteiger charge is -2.26. The van der Waals surface area contributed by atoms with Gasteiger partial charge in [0.2, 0.25) is 5.91 Å². The highest BCUT2D eigenvalue weighted by molar-refractivity contribution is 6.29. The standard InChI is InChI=1S/C18H26ClNO3/c1-4-7-11-23-17(22)13-20(16(21)12-19)18-14(5-2)9-8-10-15(18)6-3/h8-10H,4-7,11-13H2,1-3H3. The van der Waals surface area contributed by atoms with Gasteiger partial charge in [-0.1, -0.05) is 45.4 Å². The van der Waals surface area contributed by atoms with Crippen molar-refractivity contribution in [2.75, 3.05) is 23.9 Å². The lowest BCUT2D eigenvalue weighted by Crippen LogP contribution is -2.38. The van der Waals surface area contributed by atoms with Crippen molar-refractivity contribution in [2.45, 2.75) is 46.5 Å². The molecule has 0 aliphatic heterocycles. The van der Waals surface area contributed by atoms with Crippen LogP contribution in [0.4, 0.5) is 5.69 Å². The maximum Gasteiger partial charge on any atom is 0.326 e. The summed E-state index contributed by atoms with van der Waals surface area (Å²) in [5, 5.41) is 0. The number of esters is 1. The average molecular weight is 340 g/mol. The van der Waals surface area contributed by atoms with E-state index in [1.807, 2.05) is 39.0 Å². The van der Waals surface area contributed by atoms with Crippen molar-refractivity contribution in [3.05, 3.63) is 29.3 Å². The third-order valence-electron chi connectivity index (χ3n) is 3.70. The second-order valence-corrected chi connectivity index (χ2v) is 5.59. The van der Waals surface area contributed by atoms with Crippen molar-refractivity contribution in [1.82, 2.24) is 0 Å². The van der Waals surface area contributed by atoms with Gasteiger partial charge >= 0.3 is 5.97 Å². The molecule has 1 amide bonds. The van der Waals surface area contributed by atoms with E-state index in [1.165, 1.54) is 4.90 Å². The fourth-order valence-corrected chi connectivity index (χ4v) is 2.58. The van der Waals surface area contributed by atoms with E-state index in [9.17, 15) is 9.59 Å². The number of hydrogen-bond donors (Lipinski definition) is 0. The Morgan fingerprint density at radius 2 is 1.74 bits per heavy atom. The predicted octanol–water partition coefficient (Wildman–Crippen LogP) is 3.73. The normalized spacial score (nSPS) is 10.4.